The zero-order valence-electron chi connectivity index (χ0n) is 43.8. The molecule has 0 aliphatic carbocycles. The first-order valence-corrected chi connectivity index (χ1v) is 24.4. The van der Waals surface area contributed by atoms with Crippen molar-refractivity contribution in [1.82, 2.24) is 59.0 Å². The van der Waals surface area contributed by atoms with E-state index in [1.54, 1.807) is 57.6 Å². The molecule has 77 heavy (non-hydrogen) atoms. The number of carbonyl (C=O) groups excluding carboxylic acids is 4. The molecule has 0 saturated heterocycles. The Labute approximate surface area is 441 Å². The molecule has 7 aromatic heterocycles. The minimum atomic E-state index is -0.381. The number of benzene rings is 3. The van der Waals surface area contributed by atoms with Gasteiger partial charge in [0.2, 0.25) is 23.8 Å². The molecule has 0 spiro atoms. The van der Waals surface area contributed by atoms with Crippen molar-refractivity contribution >= 4 is 81.0 Å². The van der Waals surface area contributed by atoms with Crippen molar-refractivity contribution in [1.29, 1.82) is 0 Å². The molecule has 0 aliphatic heterocycles. The molecule has 23 nitrogen and oxygen atoms in total. The minimum absolute atomic E-state index is 0.146. The summed E-state index contributed by atoms with van der Waals surface area (Å²) >= 11 is 0. The standard InChI is InChI=1S/C19H19N7O2.C19H21N5O3.C16H16N4O2/c1-4-28-18(27)15-8-14-9-21-25-19(26(14)12(15)3)23-16-7-13(6-5-11(16)2)17-20-10-22-24-17;1-5-27-18(26)16-9-15-10-20-23-19(24(15)12(16)3)22-17-8-14(21-13(4)25)7-6-11(17)2;1-3-22-15(21)14-9-13-10-17-19-16(20(13)11(14)2)18-12-7-5-4-6-8-12/h5-10H,4H2,1-3H3,(H,23,25)(H,20,22,24);6-10H,5H2,1-4H3,(H,21,25)(H,22,23);4-10H,3H2,1-2H3,(H,18,19). The summed E-state index contributed by atoms with van der Waals surface area (Å²) in [5.41, 5.74) is 12.0. The second-order valence-corrected chi connectivity index (χ2v) is 17.2. The molecule has 1 amide bonds. The van der Waals surface area contributed by atoms with Gasteiger partial charge in [-0.3, -0.25) is 23.1 Å². The van der Waals surface area contributed by atoms with Gasteiger partial charge in [0.05, 0.1) is 71.7 Å². The molecule has 3 aromatic carbocycles. The van der Waals surface area contributed by atoms with E-state index < -0.39 is 0 Å². The lowest BCUT2D eigenvalue weighted by Crippen LogP contribution is -2.09. The van der Waals surface area contributed by atoms with Crippen LogP contribution in [0.25, 0.3) is 27.9 Å². The Morgan fingerprint density at radius 1 is 0.532 bits per heavy atom. The first kappa shape index (κ1) is 53.2. The first-order valence-electron chi connectivity index (χ1n) is 24.4. The van der Waals surface area contributed by atoms with Gasteiger partial charge in [0, 0.05) is 52.3 Å². The van der Waals surface area contributed by atoms with E-state index in [0.29, 0.717) is 71.6 Å². The summed E-state index contributed by atoms with van der Waals surface area (Å²) in [4.78, 5) is 51.9. The Hall–Kier alpha value is -10.1. The van der Waals surface area contributed by atoms with Crippen LogP contribution in [0.4, 0.5) is 40.6 Å². The third kappa shape index (κ3) is 12.0. The average Bonchev–Trinajstić information content (AvgIpc) is 4.23. The molecule has 23 heteroatoms. The van der Waals surface area contributed by atoms with E-state index in [1.807, 2.05) is 115 Å². The third-order valence-corrected chi connectivity index (χ3v) is 12.0. The Morgan fingerprint density at radius 2 is 0.974 bits per heavy atom. The molecule has 0 aliphatic rings. The van der Waals surface area contributed by atoms with Crippen LogP contribution in [0.5, 0.6) is 0 Å². The summed E-state index contributed by atoms with van der Waals surface area (Å²) in [5, 5.41) is 43.9. The van der Waals surface area contributed by atoms with E-state index in [0.717, 1.165) is 61.7 Å². The number of nitrogens with one attached hydrogen (secondary N) is 5. The lowest BCUT2D eigenvalue weighted by atomic mass is 10.1. The zero-order valence-corrected chi connectivity index (χ0v) is 43.8. The van der Waals surface area contributed by atoms with E-state index in [-0.39, 0.29) is 23.8 Å². The summed E-state index contributed by atoms with van der Waals surface area (Å²) in [6.45, 7) is 17.2. The van der Waals surface area contributed by atoms with Crippen LogP contribution < -0.4 is 21.3 Å². The Balaban J connectivity index is 0.000000154. The van der Waals surface area contributed by atoms with E-state index >= 15 is 0 Å². The largest absolute Gasteiger partial charge is 0.462 e. The van der Waals surface area contributed by atoms with Crippen molar-refractivity contribution in [3.05, 3.63) is 155 Å². The van der Waals surface area contributed by atoms with Gasteiger partial charge in [-0.15, -0.1) is 15.3 Å². The number of aryl methyl sites for hydroxylation is 5. The van der Waals surface area contributed by atoms with Gasteiger partial charge in [0.1, 0.15) is 6.33 Å². The summed E-state index contributed by atoms with van der Waals surface area (Å²) in [5.74, 6) is 0.964. The van der Waals surface area contributed by atoms with E-state index in [9.17, 15) is 19.2 Å². The summed E-state index contributed by atoms with van der Waals surface area (Å²) in [6.07, 6.45) is 6.28. The minimum Gasteiger partial charge on any atom is -0.462 e. The maximum absolute atomic E-state index is 12.2. The number of H-pyrrole nitrogens is 1. The fourth-order valence-electron chi connectivity index (χ4n) is 8.25. The summed E-state index contributed by atoms with van der Waals surface area (Å²) in [7, 11) is 0. The van der Waals surface area contributed by atoms with Gasteiger partial charge in [-0.05, 0) is 115 Å². The van der Waals surface area contributed by atoms with Crippen molar-refractivity contribution in [2.24, 2.45) is 0 Å². The number of hydrogen-bond acceptors (Lipinski definition) is 18. The van der Waals surface area contributed by atoms with Crippen LogP contribution in [0.15, 0.2) is 110 Å². The van der Waals surface area contributed by atoms with Gasteiger partial charge in [0.15, 0.2) is 5.82 Å². The predicted molar refractivity (Wildman–Crippen MR) is 289 cm³/mol. The maximum Gasteiger partial charge on any atom is 0.339 e. The van der Waals surface area contributed by atoms with Crippen molar-refractivity contribution in [3.63, 3.8) is 0 Å². The number of hydrogen-bond donors (Lipinski definition) is 5. The van der Waals surface area contributed by atoms with Crippen LogP contribution in [-0.2, 0) is 19.0 Å². The van der Waals surface area contributed by atoms with Gasteiger partial charge in [-0.1, -0.05) is 36.4 Å². The van der Waals surface area contributed by atoms with Crippen molar-refractivity contribution in [2.45, 2.75) is 62.3 Å². The second kappa shape index (κ2) is 23.9. The van der Waals surface area contributed by atoms with Crippen molar-refractivity contribution in [2.75, 3.05) is 41.1 Å². The number of rotatable bonds is 14. The quantitative estimate of drug-likeness (QED) is 0.0501. The summed E-state index contributed by atoms with van der Waals surface area (Å²) < 4.78 is 20.9. The van der Waals surface area contributed by atoms with Crippen LogP contribution in [0.1, 0.15) is 87.0 Å². The topological polar surface area (TPSA) is 276 Å². The normalized spacial score (nSPS) is 10.8. The molecule has 394 valence electrons. The van der Waals surface area contributed by atoms with E-state index in [2.05, 4.69) is 67.0 Å². The van der Waals surface area contributed by atoms with Crippen LogP contribution in [0.3, 0.4) is 0 Å². The van der Waals surface area contributed by atoms with Gasteiger partial charge in [0.25, 0.3) is 0 Å². The molecular formula is C54H56N16O7. The van der Waals surface area contributed by atoms with Gasteiger partial charge in [-0.25, -0.2) is 19.4 Å². The monoisotopic (exact) mass is 1040 g/mol. The number of amides is 1. The zero-order chi connectivity index (χ0) is 54.8. The number of fused-ring (bicyclic) bond motifs is 3. The molecule has 10 rings (SSSR count). The Bertz CT molecular complexity index is 3760. The number of carbonyl (C=O) groups is 4. The van der Waals surface area contributed by atoms with Crippen LogP contribution >= 0.6 is 0 Å². The predicted octanol–water partition coefficient (Wildman–Crippen LogP) is 9.23. The third-order valence-electron chi connectivity index (χ3n) is 12.0. The number of ether oxygens (including phenoxy) is 3. The first-order chi connectivity index (χ1) is 37.2. The maximum atomic E-state index is 12.2. The fraction of sp³-hybridized carbons (Fsp3) is 0.222. The number of nitrogens with zero attached hydrogens (tertiary/aromatic N) is 11. The van der Waals surface area contributed by atoms with Crippen LogP contribution in [0.2, 0.25) is 0 Å². The number of esters is 3. The lowest BCUT2D eigenvalue weighted by molar-refractivity contribution is -0.114. The Kier molecular flexibility index (Phi) is 16.5. The van der Waals surface area contributed by atoms with Crippen LogP contribution in [-0.4, -0.2) is 103 Å². The van der Waals surface area contributed by atoms with Gasteiger partial charge < -0.3 is 35.5 Å². The highest BCUT2D eigenvalue weighted by atomic mass is 16.5. The van der Waals surface area contributed by atoms with Gasteiger partial charge >= 0.3 is 17.9 Å². The number of anilines is 7. The SMILES string of the molecule is CCOC(=O)c1cc2cnnc(Nc3cc(-c4ncn[nH]4)ccc3C)n2c1C.CCOC(=O)c1cc2cnnc(Nc3cc(NC(C)=O)ccc3C)n2c1C.CCOC(=O)c1cc2cnnc(Nc3ccccc3)n2c1C. The highest BCUT2D eigenvalue weighted by Crippen LogP contribution is 2.29. The molecule has 0 unspecified atom stereocenters. The van der Waals surface area contributed by atoms with E-state index in [4.69, 9.17) is 14.2 Å². The molecule has 0 radical (unpaired) electrons. The molecule has 0 bridgehead atoms. The average molecular weight is 1040 g/mol. The smallest absolute Gasteiger partial charge is 0.339 e. The number of aromatic amines is 1. The molecule has 7 heterocycles. The number of para-hydroxylation sites is 1. The fourth-order valence-corrected chi connectivity index (χ4v) is 8.25. The molecule has 10 aromatic rings. The molecule has 5 N–H and O–H groups in total. The second-order valence-electron chi connectivity index (χ2n) is 17.2. The van der Waals surface area contributed by atoms with E-state index in [1.165, 1.54) is 13.3 Å². The lowest BCUT2D eigenvalue weighted by Gasteiger charge is -2.13. The molecular weight excluding hydrogens is 985 g/mol. The van der Waals surface area contributed by atoms with Crippen LogP contribution in [0, 0.1) is 34.6 Å². The highest BCUT2D eigenvalue weighted by Gasteiger charge is 2.21. The molecule has 0 saturated carbocycles. The highest BCUT2D eigenvalue weighted by molar-refractivity contribution is 5.95. The summed E-state index contributed by atoms with van der Waals surface area (Å²) in [6, 6.07) is 26.4. The Morgan fingerprint density at radius 3 is 1.40 bits per heavy atom. The van der Waals surface area contributed by atoms with Crippen molar-refractivity contribution in [3.8, 4) is 11.4 Å². The van der Waals surface area contributed by atoms with Crippen molar-refractivity contribution < 1.29 is 33.4 Å². The van der Waals surface area contributed by atoms with Gasteiger partial charge in [-0.2, -0.15) is 20.4 Å². The molecule has 0 fully saturated rings. The number of aromatic nitrogens is 12. The molecule has 0 atom stereocenters.